The summed E-state index contributed by atoms with van der Waals surface area (Å²) < 4.78 is 1.82. The Bertz CT molecular complexity index is 928. The van der Waals surface area contributed by atoms with E-state index in [0.29, 0.717) is 18.8 Å². The third-order valence-electron chi connectivity index (χ3n) is 4.93. The average molecular weight is 362 g/mol. The van der Waals surface area contributed by atoms with Gasteiger partial charge < -0.3 is 15.5 Å². The van der Waals surface area contributed by atoms with Gasteiger partial charge in [-0.1, -0.05) is 17.7 Å². The Morgan fingerprint density at radius 2 is 1.63 bits per heavy atom. The molecular weight excluding hydrogens is 340 g/mol. The predicted octanol–water partition coefficient (Wildman–Crippen LogP) is 2.12. The first-order chi connectivity index (χ1) is 13.1. The summed E-state index contributed by atoms with van der Waals surface area (Å²) in [6.07, 6.45) is 3.29. The molecule has 27 heavy (non-hydrogen) atoms. The number of aryl methyl sites for hydroxylation is 1. The van der Waals surface area contributed by atoms with Gasteiger partial charge in [-0.2, -0.15) is 0 Å². The molecule has 2 N–H and O–H groups in total. The molecule has 0 saturated carbocycles. The van der Waals surface area contributed by atoms with Gasteiger partial charge in [0.15, 0.2) is 0 Å². The highest BCUT2D eigenvalue weighted by molar-refractivity contribution is 5.94. The summed E-state index contributed by atoms with van der Waals surface area (Å²) in [6.45, 7) is 4.90. The van der Waals surface area contributed by atoms with E-state index in [1.807, 2.05) is 58.9 Å². The molecule has 0 unspecified atom stereocenters. The number of hydrogen-bond acceptors (Lipinski definition) is 5. The monoisotopic (exact) mass is 362 g/mol. The van der Waals surface area contributed by atoms with Crippen LogP contribution in [0.3, 0.4) is 0 Å². The van der Waals surface area contributed by atoms with Crippen LogP contribution >= 0.6 is 0 Å². The van der Waals surface area contributed by atoms with Gasteiger partial charge in [-0.3, -0.25) is 9.36 Å². The molecule has 0 bridgehead atoms. The van der Waals surface area contributed by atoms with Crippen molar-refractivity contribution in [2.45, 2.75) is 6.92 Å². The highest BCUT2D eigenvalue weighted by Crippen LogP contribution is 2.27. The van der Waals surface area contributed by atoms with Crippen LogP contribution in [-0.2, 0) is 0 Å². The van der Waals surface area contributed by atoms with E-state index in [4.69, 9.17) is 5.73 Å². The number of nitrogens with two attached hydrogens (primary N) is 1. The lowest BCUT2D eigenvalue weighted by Gasteiger charge is -2.36. The maximum absolute atomic E-state index is 12.7. The van der Waals surface area contributed by atoms with Crippen LogP contribution in [0.4, 0.5) is 11.4 Å². The third kappa shape index (κ3) is 3.48. The SMILES string of the molecule is Cc1ccc(C(=O)N2CCN(c3ccc(-n4cnnc4)cc3N)CC2)cc1. The van der Waals surface area contributed by atoms with Crippen LogP contribution < -0.4 is 10.6 Å². The Balaban J connectivity index is 1.43. The quantitative estimate of drug-likeness (QED) is 0.722. The predicted molar refractivity (Wildman–Crippen MR) is 105 cm³/mol. The molecule has 0 aliphatic carbocycles. The number of benzene rings is 2. The summed E-state index contributed by atoms with van der Waals surface area (Å²) in [6, 6.07) is 13.7. The number of hydrogen-bond donors (Lipinski definition) is 1. The molecule has 1 aromatic heterocycles. The minimum absolute atomic E-state index is 0.0885. The lowest BCUT2D eigenvalue weighted by molar-refractivity contribution is 0.0747. The van der Waals surface area contributed by atoms with E-state index in [1.165, 1.54) is 0 Å². The number of nitrogens with zero attached hydrogens (tertiary/aromatic N) is 5. The van der Waals surface area contributed by atoms with Gasteiger partial charge in [-0.05, 0) is 37.3 Å². The summed E-state index contributed by atoms with van der Waals surface area (Å²) in [4.78, 5) is 16.8. The summed E-state index contributed by atoms with van der Waals surface area (Å²) >= 11 is 0. The van der Waals surface area contributed by atoms with Crippen molar-refractivity contribution in [2.24, 2.45) is 0 Å². The summed E-state index contributed by atoms with van der Waals surface area (Å²) in [7, 11) is 0. The maximum atomic E-state index is 12.7. The van der Waals surface area contributed by atoms with Crippen LogP contribution in [0, 0.1) is 6.92 Å². The first-order valence-electron chi connectivity index (χ1n) is 8.97. The summed E-state index contributed by atoms with van der Waals surface area (Å²) in [5.41, 5.74) is 10.8. The molecule has 138 valence electrons. The van der Waals surface area contributed by atoms with Gasteiger partial charge in [0, 0.05) is 31.7 Å². The van der Waals surface area contributed by atoms with Crippen LogP contribution in [0.1, 0.15) is 15.9 Å². The van der Waals surface area contributed by atoms with Crippen LogP contribution in [-0.4, -0.2) is 51.8 Å². The Hall–Kier alpha value is -3.35. The van der Waals surface area contributed by atoms with E-state index < -0.39 is 0 Å². The van der Waals surface area contributed by atoms with Gasteiger partial charge in [-0.25, -0.2) is 0 Å². The standard InChI is InChI=1S/C20H22N6O/c1-15-2-4-16(5-3-15)20(27)25-10-8-24(9-11-25)19-7-6-17(12-18(19)21)26-13-22-23-14-26/h2-7,12-14H,8-11,21H2,1H3. The Kier molecular flexibility index (Phi) is 4.50. The first-order valence-corrected chi connectivity index (χ1v) is 8.97. The van der Waals surface area contributed by atoms with Crippen molar-refractivity contribution in [1.82, 2.24) is 19.7 Å². The van der Waals surface area contributed by atoms with E-state index >= 15 is 0 Å². The number of nitrogen functional groups attached to an aromatic ring is 1. The van der Waals surface area contributed by atoms with Crippen LogP contribution in [0.25, 0.3) is 5.69 Å². The van der Waals surface area contributed by atoms with Crippen molar-refractivity contribution >= 4 is 17.3 Å². The van der Waals surface area contributed by atoms with Gasteiger partial charge >= 0.3 is 0 Å². The molecule has 7 nitrogen and oxygen atoms in total. The fraction of sp³-hybridized carbons (Fsp3) is 0.250. The van der Waals surface area contributed by atoms with E-state index in [2.05, 4.69) is 15.1 Å². The fourth-order valence-electron chi connectivity index (χ4n) is 3.35. The number of rotatable bonds is 3. The van der Waals surface area contributed by atoms with E-state index in [1.54, 1.807) is 12.7 Å². The smallest absolute Gasteiger partial charge is 0.253 e. The first kappa shape index (κ1) is 17.1. The molecule has 1 saturated heterocycles. The summed E-state index contributed by atoms with van der Waals surface area (Å²) in [5, 5.41) is 7.64. The lowest BCUT2D eigenvalue weighted by atomic mass is 10.1. The minimum atomic E-state index is 0.0885. The van der Waals surface area contributed by atoms with Gasteiger partial charge in [0.2, 0.25) is 0 Å². The second kappa shape index (κ2) is 7.11. The van der Waals surface area contributed by atoms with Gasteiger partial charge in [-0.15, -0.1) is 10.2 Å². The van der Waals surface area contributed by atoms with Crippen LogP contribution in [0.15, 0.2) is 55.1 Å². The van der Waals surface area contributed by atoms with E-state index in [0.717, 1.165) is 35.6 Å². The molecule has 2 heterocycles. The molecular formula is C20H22N6O. The minimum Gasteiger partial charge on any atom is -0.397 e. The molecule has 1 aliphatic heterocycles. The molecule has 7 heteroatoms. The number of carbonyl (C=O) groups excluding carboxylic acids is 1. The lowest BCUT2D eigenvalue weighted by Crippen LogP contribution is -2.49. The Labute approximate surface area is 158 Å². The number of piperazine rings is 1. The highest BCUT2D eigenvalue weighted by atomic mass is 16.2. The van der Waals surface area contributed by atoms with Crippen molar-refractivity contribution in [2.75, 3.05) is 36.8 Å². The Morgan fingerprint density at radius 1 is 0.963 bits per heavy atom. The molecule has 1 fully saturated rings. The molecule has 0 radical (unpaired) electrons. The molecule has 2 aromatic carbocycles. The number of amides is 1. The topological polar surface area (TPSA) is 80.3 Å². The van der Waals surface area contributed by atoms with Crippen LogP contribution in [0.5, 0.6) is 0 Å². The van der Waals surface area contributed by atoms with Crippen molar-refractivity contribution in [1.29, 1.82) is 0 Å². The largest absolute Gasteiger partial charge is 0.397 e. The van der Waals surface area contributed by atoms with Gasteiger partial charge in [0.25, 0.3) is 5.91 Å². The summed E-state index contributed by atoms with van der Waals surface area (Å²) in [5.74, 6) is 0.0885. The normalized spacial score (nSPS) is 14.4. The number of anilines is 2. The zero-order valence-electron chi connectivity index (χ0n) is 15.2. The molecule has 0 spiro atoms. The van der Waals surface area contributed by atoms with Crippen LogP contribution in [0.2, 0.25) is 0 Å². The highest BCUT2D eigenvalue weighted by Gasteiger charge is 2.23. The maximum Gasteiger partial charge on any atom is 0.253 e. The molecule has 1 amide bonds. The zero-order valence-corrected chi connectivity index (χ0v) is 15.2. The zero-order chi connectivity index (χ0) is 18.8. The number of carbonyl (C=O) groups is 1. The van der Waals surface area contributed by atoms with E-state index in [-0.39, 0.29) is 5.91 Å². The van der Waals surface area contributed by atoms with Crippen molar-refractivity contribution in [3.63, 3.8) is 0 Å². The molecule has 1 aliphatic rings. The van der Waals surface area contributed by atoms with Crippen molar-refractivity contribution in [3.8, 4) is 5.69 Å². The third-order valence-corrected chi connectivity index (χ3v) is 4.93. The van der Waals surface area contributed by atoms with Crippen molar-refractivity contribution in [3.05, 3.63) is 66.2 Å². The molecule has 4 rings (SSSR count). The molecule has 3 aromatic rings. The van der Waals surface area contributed by atoms with E-state index in [9.17, 15) is 4.79 Å². The van der Waals surface area contributed by atoms with Gasteiger partial charge in [0.1, 0.15) is 12.7 Å². The van der Waals surface area contributed by atoms with Gasteiger partial charge in [0.05, 0.1) is 17.1 Å². The fourth-order valence-corrected chi connectivity index (χ4v) is 3.35. The average Bonchev–Trinajstić information content (AvgIpc) is 3.23. The number of aromatic nitrogens is 3. The molecule has 0 atom stereocenters. The Morgan fingerprint density at radius 3 is 2.26 bits per heavy atom. The second-order valence-electron chi connectivity index (χ2n) is 6.76. The van der Waals surface area contributed by atoms with Crippen molar-refractivity contribution < 1.29 is 4.79 Å². The second-order valence-corrected chi connectivity index (χ2v) is 6.76.